The number of carboxylic acids is 1. The minimum absolute atomic E-state index is 0.0576. The monoisotopic (exact) mass is 221 g/mol. The maximum Gasteiger partial charge on any atom is 0.320 e. The summed E-state index contributed by atoms with van der Waals surface area (Å²) in [5, 5.41) is 12.1. The Morgan fingerprint density at radius 2 is 2.06 bits per heavy atom. The van der Waals surface area contributed by atoms with E-state index in [1.165, 1.54) is 5.56 Å². The SMILES string of the molecule is CCC(NC(C)c1ccccc1C)C(=O)O. The summed E-state index contributed by atoms with van der Waals surface area (Å²) < 4.78 is 0. The Bertz CT molecular complexity index is 363. The van der Waals surface area contributed by atoms with Gasteiger partial charge in [0.25, 0.3) is 0 Å². The molecule has 0 aromatic heterocycles. The molecule has 3 heteroatoms. The molecule has 1 aromatic rings. The van der Waals surface area contributed by atoms with Gasteiger partial charge in [0, 0.05) is 6.04 Å². The van der Waals surface area contributed by atoms with Gasteiger partial charge in [-0.1, -0.05) is 31.2 Å². The van der Waals surface area contributed by atoms with Crippen LogP contribution in [0.1, 0.15) is 37.4 Å². The van der Waals surface area contributed by atoms with Crippen molar-refractivity contribution in [2.45, 2.75) is 39.3 Å². The van der Waals surface area contributed by atoms with Gasteiger partial charge in [0.1, 0.15) is 6.04 Å². The second kappa shape index (κ2) is 5.66. The molecule has 0 saturated heterocycles. The van der Waals surface area contributed by atoms with Crippen LogP contribution in [0, 0.1) is 6.92 Å². The molecule has 0 bridgehead atoms. The normalized spacial score (nSPS) is 14.4. The zero-order chi connectivity index (χ0) is 12.1. The van der Waals surface area contributed by atoms with Crippen LogP contribution in [-0.2, 0) is 4.79 Å². The zero-order valence-corrected chi connectivity index (χ0v) is 10.0. The summed E-state index contributed by atoms with van der Waals surface area (Å²) in [6, 6.07) is 7.61. The van der Waals surface area contributed by atoms with Gasteiger partial charge >= 0.3 is 5.97 Å². The van der Waals surface area contributed by atoms with E-state index >= 15 is 0 Å². The summed E-state index contributed by atoms with van der Waals surface area (Å²) in [6.45, 7) is 5.90. The van der Waals surface area contributed by atoms with Crippen LogP contribution in [0.3, 0.4) is 0 Å². The molecule has 0 spiro atoms. The van der Waals surface area contributed by atoms with Crippen LogP contribution in [0.5, 0.6) is 0 Å². The Balaban J connectivity index is 2.75. The molecule has 0 aliphatic rings. The first-order valence-corrected chi connectivity index (χ1v) is 5.60. The largest absolute Gasteiger partial charge is 0.480 e. The van der Waals surface area contributed by atoms with Crippen molar-refractivity contribution < 1.29 is 9.90 Å². The van der Waals surface area contributed by atoms with E-state index in [9.17, 15) is 4.79 Å². The molecule has 0 amide bonds. The van der Waals surface area contributed by atoms with Gasteiger partial charge in [0.05, 0.1) is 0 Å². The Labute approximate surface area is 96.5 Å². The van der Waals surface area contributed by atoms with Gasteiger partial charge in [-0.05, 0) is 31.4 Å². The smallest absolute Gasteiger partial charge is 0.320 e. The lowest BCUT2D eigenvalue weighted by molar-refractivity contribution is -0.139. The molecular formula is C13H19NO2. The number of nitrogens with one attached hydrogen (secondary N) is 1. The first kappa shape index (κ1) is 12.7. The van der Waals surface area contributed by atoms with Crippen molar-refractivity contribution in [3.8, 4) is 0 Å². The van der Waals surface area contributed by atoms with Crippen LogP contribution < -0.4 is 5.32 Å². The molecule has 0 saturated carbocycles. The number of hydrogen-bond donors (Lipinski definition) is 2. The van der Waals surface area contributed by atoms with Crippen molar-refractivity contribution in [2.75, 3.05) is 0 Å². The van der Waals surface area contributed by atoms with Crippen molar-refractivity contribution in [3.63, 3.8) is 0 Å². The molecule has 88 valence electrons. The summed E-state index contributed by atoms with van der Waals surface area (Å²) in [5.74, 6) is -0.789. The van der Waals surface area contributed by atoms with E-state index in [2.05, 4.69) is 5.32 Å². The highest BCUT2D eigenvalue weighted by molar-refractivity contribution is 5.73. The molecule has 1 rings (SSSR count). The van der Waals surface area contributed by atoms with Crippen molar-refractivity contribution in [1.29, 1.82) is 0 Å². The van der Waals surface area contributed by atoms with Crippen LogP contribution in [0.4, 0.5) is 0 Å². The molecule has 2 unspecified atom stereocenters. The van der Waals surface area contributed by atoms with Crippen LogP contribution in [0.25, 0.3) is 0 Å². The lowest BCUT2D eigenvalue weighted by Crippen LogP contribution is -2.37. The lowest BCUT2D eigenvalue weighted by atomic mass is 10.0. The fourth-order valence-electron chi connectivity index (χ4n) is 1.83. The van der Waals surface area contributed by atoms with Gasteiger partial charge in [0.2, 0.25) is 0 Å². The average Bonchev–Trinajstić information content (AvgIpc) is 2.25. The minimum Gasteiger partial charge on any atom is -0.480 e. The Morgan fingerprint density at radius 1 is 1.44 bits per heavy atom. The third-order valence-electron chi connectivity index (χ3n) is 2.81. The number of carboxylic acid groups (broad SMARTS) is 1. The van der Waals surface area contributed by atoms with Crippen LogP contribution >= 0.6 is 0 Å². The summed E-state index contributed by atoms with van der Waals surface area (Å²) in [4.78, 5) is 10.9. The van der Waals surface area contributed by atoms with E-state index in [0.29, 0.717) is 6.42 Å². The fraction of sp³-hybridized carbons (Fsp3) is 0.462. The highest BCUT2D eigenvalue weighted by Gasteiger charge is 2.18. The molecule has 0 fully saturated rings. The first-order chi connectivity index (χ1) is 7.56. The molecule has 0 aliphatic carbocycles. The predicted octanol–water partition coefficient (Wildman–Crippen LogP) is 2.51. The lowest BCUT2D eigenvalue weighted by Gasteiger charge is -2.20. The maximum absolute atomic E-state index is 10.9. The molecule has 0 heterocycles. The average molecular weight is 221 g/mol. The van der Waals surface area contributed by atoms with E-state index in [4.69, 9.17) is 5.11 Å². The van der Waals surface area contributed by atoms with Crippen molar-refractivity contribution in [2.24, 2.45) is 0 Å². The standard InChI is InChI=1S/C13H19NO2/c1-4-12(13(15)16)14-10(3)11-8-6-5-7-9(11)2/h5-8,10,12,14H,4H2,1-3H3,(H,15,16). The summed E-state index contributed by atoms with van der Waals surface area (Å²) in [6.07, 6.45) is 0.589. The van der Waals surface area contributed by atoms with Crippen molar-refractivity contribution in [3.05, 3.63) is 35.4 Å². The van der Waals surface area contributed by atoms with Gasteiger partial charge in [-0.15, -0.1) is 0 Å². The second-order valence-corrected chi connectivity index (χ2v) is 4.04. The van der Waals surface area contributed by atoms with E-state index in [1.807, 2.05) is 45.0 Å². The molecule has 0 radical (unpaired) electrons. The van der Waals surface area contributed by atoms with Crippen molar-refractivity contribution in [1.82, 2.24) is 5.32 Å². The van der Waals surface area contributed by atoms with Crippen LogP contribution in [0.2, 0.25) is 0 Å². The molecule has 1 aromatic carbocycles. The highest BCUT2D eigenvalue weighted by atomic mass is 16.4. The third kappa shape index (κ3) is 3.07. The van der Waals surface area contributed by atoms with E-state index in [-0.39, 0.29) is 6.04 Å². The highest BCUT2D eigenvalue weighted by Crippen LogP contribution is 2.17. The number of rotatable bonds is 5. The third-order valence-corrected chi connectivity index (χ3v) is 2.81. The van der Waals surface area contributed by atoms with Crippen LogP contribution in [-0.4, -0.2) is 17.1 Å². The number of benzene rings is 1. The topological polar surface area (TPSA) is 49.3 Å². The van der Waals surface area contributed by atoms with Crippen molar-refractivity contribution >= 4 is 5.97 Å². The number of aryl methyl sites for hydroxylation is 1. The van der Waals surface area contributed by atoms with Gasteiger partial charge in [-0.3, -0.25) is 10.1 Å². The van der Waals surface area contributed by atoms with Gasteiger partial charge in [-0.2, -0.15) is 0 Å². The summed E-state index contributed by atoms with van der Waals surface area (Å²) >= 11 is 0. The molecular weight excluding hydrogens is 202 g/mol. The quantitative estimate of drug-likeness (QED) is 0.803. The van der Waals surface area contributed by atoms with E-state index in [1.54, 1.807) is 0 Å². The maximum atomic E-state index is 10.9. The molecule has 0 aliphatic heterocycles. The van der Waals surface area contributed by atoms with Gasteiger partial charge < -0.3 is 5.11 Å². The Kier molecular flexibility index (Phi) is 4.50. The number of carbonyl (C=O) groups is 1. The Hall–Kier alpha value is -1.35. The molecule has 2 atom stereocenters. The summed E-state index contributed by atoms with van der Waals surface area (Å²) in [7, 11) is 0. The van der Waals surface area contributed by atoms with Gasteiger partial charge in [-0.25, -0.2) is 0 Å². The molecule has 3 nitrogen and oxygen atoms in total. The minimum atomic E-state index is -0.789. The zero-order valence-electron chi connectivity index (χ0n) is 10.0. The van der Waals surface area contributed by atoms with E-state index < -0.39 is 12.0 Å². The first-order valence-electron chi connectivity index (χ1n) is 5.60. The number of aliphatic carboxylic acids is 1. The molecule has 2 N–H and O–H groups in total. The summed E-state index contributed by atoms with van der Waals surface area (Å²) in [5.41, 5.74) is 2.34. The second-order valence-electron chi connectivity index (χ2n) is 4.04. The van der Waals surface area contributed by atoms with Gasteiger partial charge in [0.15, 0.2) is 0 Å². The predicted molar refractivity (Wildman–Crippen MR) is 64.4 cm³/mol. The number of hydrogen-bond acceptors (Lipinski definition) is 2. The van der Waals surface area contributed by atoms with Crippen LogP contribution in [0.15, 0.2) is 24.3 Å². The Morgan fingerprint density at radius 3 is 2.56 bits per heavy atom. The fourth-order valence-corrected chi connectivity index (χ4v) is 1.83. The molecule has 16 heavy (non-hydrogen) atoms. The van der Waals surface area contributed by atoms with E-state index in [0.717, 1.165) is 5.56 Å².